The van der Waals surface area contributed by atoms with Gasteiger partial charge in [0.1, 0.15) is 5.82 Å². The lowest BCUT2D eigenvalue weighted by atomic mass is 9.83. The number of thiazole rings is 1. The molecular weight excluding hydrogens is 526 g/mol. The van der Waals surface area contributed by atoms with E-state index in [0.29, 0.717) is 22.4 Å². The lowest BCUT2D eigenvalue weighted by Gasteiger charge is -2.30. The van der Waals surface area contributed by atoms with E-state index in [0.717, 1.165) is 11.3 Å². The Hall–Kier alpha value is -2.78. The number of amides is 1. The molecule has 1 atom stereocenters. The Kier molecular flexibility index (Phi) is 8.56. The highest BCUT2D eigenvalue weighted by atomic mass is 35.5. The molecule has 0 spiro atoms. The third kappa shape index (κ3) is 6.13. The first kappa shape index (κ1) is 27.8. The van der Waals surface area contributed by atoms with Gasteiger partial charge in [-0.25, -0.2) is 14.2 Å². The summed E-state index contributed by atoms with van der Waals surface area (Å²) in [4.78, 5) is 28.3. The number of carbonyl (C=O) groups excluding carboxylic acids is 1. The molecule has 0 saturated heterocycles. The van der Waals surface area contributed by atoms with E-state index in [9.17, 15) is 9.59 Å². The van der Waals surface area contributed by atoms with Gasteiger partial charge in [-0.05, 0) is 36.6 Å². The Morgan fingerprint density at radius 2 is 1.86 bits per heavy atom. The number of rotatable bonds is 7. The van der Waals surface area contributed by atoms with Crippen LogP contribution in [-0.4, -0.2) is 29.1 Å². The molecule has 0 bridgehead atoms. The summed E-state index contributed by atoms with van der Waals surface area (Å²) in [5.41, 5.74) is 1.28. The summed E-state index contributed by atoms with van der Waals surface area (Å²) in [7, 11) is 1.55. The minimum absolute atomic E-state index is 0.0435. The van der Waals surface area contributed by atoms with E-state index in [-0.39, 0.29) is 31.7 Å². The number of carboxylic acid groups (broad SMARTS) is 1. The summed E-state index contributed by atoms with van der Waals surface area (Å²) in [5, 5.41) is 13.9. The van der Waals surface area contributed by atoms with Gasteiger partial charge in [-0.2, -0.15) is 0 Å². The molecule has 0 aliphatic carbocycles. The van der Waals surface area contributed by atoms with E-state index >= 15 is 4.39 Å². The van der Waals surface area contributed by atoms with Crippen LogP contribution in [0.5, 0.6) is 0 Å². The number of hydrogen-bond donors (Lipinski definition) is 2. The Morgan fingerprint density at radius 1 is 1.22 bits per heavy atom. The minimum atomic E-state index is -1.11. The number of carboxylic acids is 1. The van der Waals surface area contributed by atoms with E-state index in [1.807, 2.05) is 20.8 Å². The van der Waals surface area contributed by atoms with Gasteiger partial charge in [0.2, 0.25) is 0 Å². The van der Waals surface area contributed by atoms with Crippen molar-refractivity contribution in [1.82, 2.24) is 4.98 Å². The van der Waals surface area contributed by atoms with Crippen molar-refractivity contribution in [1.29, 1.82) is 0 Å². The molecular formula is C26H25Cl2FN2O4S. The Bertz CT molecular complexity index is 1320. The van der Waals surface area contributed by atoms with Gasteiger partial charge in [0.05, 0.1) is 21.8 Å². The van der Waals surface area contributed by atoms with Crippen LogP contribution < -0.4 is 5.32 Å². The first-order valence-corrected chi connectivity index (χ1v) is 12.5. The predicted molar refractivity (Wildman–Crippen MR) is 142 cm³/mol. The Morgan fingerprint density at radius 3 is 2.42 bits per heavy atom. The standard InChI is InChI=1S/C26H25Cl2FN2O4S/c1-13(24(33)34)9-17-18(27)10-14(11-19(17)28)23(32)31-25-30-20(12-36-25)15-7-6-8-16(21(15)29)22(35-5)26(2,3)4/h6-12,22H,1-5H3,(H,33,34)(H,30,31,32). The van der Waals surface area contributed by atoms with Crippen LogP contribution in [0.2, 0.25) is 10.0 Å². The predicted octanol–water partition coefficient (Wildman–Crippen LogP) is 7.73. The van der Waals surface area contributed by atoms with Crippen molar-refractivity contribution in [3.05, 3.63) is 73.8 Å². The number of anilines is 1. The molecule has 0 radical (unpaired) electrons. The summed E-state index contributed by atoms with van der Waals surface area (Å²) in [6, 6.07) is 7.84. The van der Waals surface area contributed by atoms with Gasteiger partial charge >= 0.3 is 5.97 Å². The third-order valence-electron chi connectivity index (χ3n) is 5.37. The second-order valence-electron chi connectivity index (χ2n) is 9.17. The largest absolute Gasteiger partial charge is 0.478 e. The lowest BCUT2D eigenvalue weighted by Crippen LogP contribution is -2.21. The molecule has 190 valence electrons. The number of aromatic nitrogens is 1. The van der Waals surface area contributed by atoms with Gasteiger partial charge in [0, 0.05) is 40.3 Å². The van der Waals surface area contributed by atoms with Crippen molar-refractivity contribution in [2.45, 2.75) is 33.8 Å². The van der Waals surface area contributed by atoms with Gasteiger partial charge in [-0.15, -0.1) is 11.3 Å². The summed E-state index contributed by atoms with van der Waals surface area (Å²) >= 11 is 13.6. The molecule has 0 aliphatic heterocycles. The maximum Gasteiger partial charge on any atom is 0.331 e. The van der Waals surface area contributed by atoms with Gasteiger partial charge in [-0.3, -0.25) is 10.1 Å². The molecule has 3 aromatic rings. The summed E-state index contributed by atoms with van der Waals surface area (Å²) < 4.78 is 21.0. The molecule has 1 aromatic heterocycles. The fourth-order valence-corrected chi connectivity index (χ4v) is 4.95. The van der Waals surface area contributed by atoms with E-state index in [2.05, 4.69) is 10.3 Å². The highest BCUT2D eigenvalue weighted by Gasteiger charge is 2.29. The quantitative estimate of drug-likeness (QED) is 0.294. The van der Waals surface area contributed by atoms with Gasteiger partial charge in [0.25, 0.3) is 5.91 Å². The molecule has 2 N–H and O–H groups in total. The number of nitrogens with one attached hydrogen (secondary N) is 1. The summed E-state index contributed by atoms with van der Waals surface area (Å²) in [5.74, 6) is -2.06. The van der Waals surface area contributed by atoms with E-state index < -0.39 is 23.8 Å². The summed E-state index contributed by atoms with van der Waals surface area (Å²) in [6.45, 7) is 7.32. The van der Waals surface area contributed by atoms with Crippen LogP contribution in [0.15, 0.2) is 41.3 Å². The number of nitrogens with zero attached hydrogens (tertiary/aromatic N) is 1. The minimum Gasteiger partial charge on any atom is -0.478 e. The van der Waals surface area contributed by atoms with Crippen molar-refractivity contribution in [2.24, 2.45) is 5.41 Å². The molecule has 0 aliphatic rings. The smallest absolute Gasteiger partial charge is 0.331 e. The molecule has 1 unspecified atom stereocenters. The second kappa shape index (κ2) is 11.1. The number of ether oxygens (including phenoxy) is 1. The number of benzene rings is 2. The van der Waals surface area contributed by atoms with Crippen molar-refractivity contribution in [3.63, 3.8) is 0 Å². The first-order valence-electron chi connectivity index (χ1n) is 10.8. The number of halogens is 3. The maximum atomic E-state index is 15.5. The molecule has 1 amide bonds. The lowest BCUT2D eigenvalue weighted by molar-refractivity contribution is -0.132. The van der Waals surface area contributed by atoms with E-state index in [1.165, 1.54) is 25.1 Å². The van der Waals surface area contributed by atoms with E-state index in [4.69, 9.17) is 33.0 Å². The van der Waals surface area contributed by atoms with Crippen LogP contribution in [0.4, 0.5) is 9.52 Å². The number of hydrogen-bond acceptors (Lipinski definition) is 5. The van der Waals surface area contributed by atoms with Crippen molar-refractivity contribution in [2.75, 3.05) is 12.4 Å². The number of carbonyl (C=O) groups is 2. The van der Waals surface area contributed by atoms with Crippen LogP contribution in [-0.2, 0) is 9.53 Å². The van der Waals surface area contributed by atoms with Crippen molar-refractivity contribution >= 4 is 57.6 Å². The average Bonchev–Trinajstić information content (AvgIpc) is 3.24. The molecule has 3 rings (SSSR count). The van der Waals surface area contributed by atoms with Crippen LogP contribution in [0.25, 0.3) is 17.3 Å². The van der Waals surface area contributed by atoms with Gasteiger partial charge in [-0.1, -0.05) is 56.1 Å². The molecule has 0 fully saturated rings. The molecule has 36 heavy (non-hydrogen) atoms. The zero-order chi connectivity index (χ0) is 26.8. The SMILES string of the molecule is COC(c1cccc(-c2csc(NC(=O)c3cc(Cl)c(C=C(C)C(=O)O)c(Cl)c3)n2)c1F)C(C)(C)C. The monoisotopic (exact) mass is 550 g/mol. The van der Waals surface area contributed by atoms with Gasteiger partial charge < -0.3 is 9.84 Å². The van der Waals surface area contributed by atoms with Crippen LogP contribution in [0.1, 0.15) is 55.3 Å². The number of methoxy groups -OCH3 is 1. The molecule has 0 saturated carbocycles. The van der Waals surface area contributed by atoms with Crippen LogP contribution in [0, 0.1) is 11.2 Å². The molecule has 2 aromatic carbocycles. The maximum absolute atomic E-state index is 15.5. The number of aliphatic carboxylic acids is 1. The Balaban J connectivity index is 1.86. The fraction of sp³-hybridized carbons (Fsp3) is 0.269. The zero-order valence-corrected chi connectivity index (χ0v) is 22.6. The van der Waals surface area contributed by atoms with Crippen LogP contribution in [0.3, 0.4) is 0 Å². The Labute approximate surface area is 222 Å². The molecule has 6 nitrogen and oxygen atoms in total. The molecule has 10 heteroatoms. The third-order valence-corrected chi connectivity index (χ3v) is 6.76. The second-order valence-corrected chi connectivity index (χ2v) is 10.8. The van der Waals surface area contributed by atoms with Crippen LogP contribution >= 0.6 is 34.5 Å². The van der Waals surface area contributed by atoms with E-state index in [1.54, 1.807) is 30.7 Å². The highest BCUT2D eigenvalue weighted by Crippen LogP contribution is 2.39. The van der Waals surface area contributed by atoms with Crippen molar-refractivity contribution < 1.29 is 23.8 Å². The zero-order valence-electron chi connectivity index (χ0n) is 20.3. The average molecular weight is 551 g/mol. The highest BCUT2D eigenvalue weighted by molar-refractivity contribution is 7.14. The topological polar surface area (TPSA) is 88.5 Å². The van der Waals surface area contributed by atoms with Gasteiger partial charge in [0.15, 0.2) is 5.13 Å². The first-order chi connectivity index (χ1) is 16.8. The normalized spacial score (nSPS) is 12.9. The molecule has 1 heterocycles. The fourth-order valence-electron chi connectivity index (χ4n) is 3.65. The summed E-state index contributed by atoms with van der Waals surface area (Å²) in [6.07, 6.45) is 0.875. The van der Waals surface area contributed by atoms with Crippen molar-refractivity contribution in [3.8, 4) is 11.3 Å².